The van der Waals surface area contributed by atoms with Crippen molar-refractivity contribution in [2.24, 2.45) is 0 Å². The van der Waals surface area contributed by atoms with Gasteiger partial charge in [-0.3, -0.25) is 19.1 Å². The first-order chi connectivity index (χ1) is 15.3. The summed E-state index contributed by atoms with van der Waals surface area (Å²) in [4.78, 5) is 52.6. The lowest BCUT2D eigenvalue weighted by atomic mass is 10.2. The van der Waals surface area contributed by atoms with Crippen LogP contribution in [0.1, 0.15) is 38.7 Å². The maximum atomic E-state index is 12.9. The first kappa shape index (κ1) is 24.6. The van der Waals surface area contributed by atoms with Gasteiger partial charge in [0.25, 0.3) is 11.5 Å². The topological polar surface area (TPSA) is 127 Å². The zero-order valence-electron chi connectivity index (χ0n) is 18.1. The minimum Gasteiger partial charge on any atom is -0.452 e. The molecule has 1 aromatic carbocycles. The Morgan fingerprint density at radius 2 is 1.88 bits per heavy atom. The largest absolute Gasteiger partial charge is 0.452 e. The number of aromatic amines is 1. The van der Waals surface area contributed by atoms with Crippen LogP contribution >= 0.6 is 0 Å². The Bertz CT molecular complexity index is 1090. The maximum Gasteiger partial charge on any atom is 0.331 e. The number of halogens is 1. The van der Waals surface area contributed by atoms with Gasteiger partial charge in [0, 0.05) is 19.2 Å². The van der Waals surface area contributed by atoms with E-state index in [2.05, 4.69) is 4.98 Å². The number of ether oxygens (including phenoxy) is 1. The van der Waals surface area contributed by atoms with Crippen LogP contribution in [0.4, 0.5) is 15.9 Å². The molecule has 0 atom stereocenters. The Balaban J connectivity index is 2.19. The Morgan fingerprint density at radius 1 is 1.19 bits per heavy atom. The number of unbranched alkanes of at least 4 members (excludes halogenated alkanes) is 1. The van der Waals surface area contributed by atoms with Crippen molar-refractivity contribution in [1.29, 1.82) is 0 Å². The Hall–Kier alpha value is -3.69. The first-order valence-electron chi connectivity index (χ1n) is 10.3. The van der Waals surface area contributed by atoms with Gasteiger partial charge >= 0.3 is 11.7 Å². The highest BCUT2D eigenvalue weighted by Gasteiger charge is 2.24. The molecule has 3 N–H and O–H groups in total. The molecule has 32 heavy (non-hydrogen) atoms. The van der Waals surface area contributed by atoms with E-state index in [0.717, 1.165) is 17.4 Å². The van der Waals surface area contributed by atoms with E-state index in [9.17, 15) is 23.6 Å². The quantitative estimate of drug-likeness (QED) is 0.425. The van der Waals surface area contributed by atoms with E-state index in [4.69, 9.17) is 10.5 Å². The lowest BCUT2D eigenvalue weighted by Crippen LogP contribution is -2.43. The Labute approximate surface area is 184 Å². The Kier molecular flexibility index (Phi) is 8.94. The molecule has 0 spiro atoms. The second-order valence-corrected chi connectivity index (χ2v) is 7.04. The van der Waals surface area contributed by atoms with Crippen LogP contribution in [-0.4, -0.2) is 34.6 Å². The maximum absolute atomic E-state index is 12.9. The zero-order valence-corrected chi connectivity index (χ0v) is 18.1. The van der Waals surface area contributed by atoms with Gasteiger partial charge in [-0.05, 0) is 36.6 Å². The monoisotopic (exact) mass is 446 g/mol. The number of H-pyrrole nitrogens is 1. The second kappa shape index (κ2) is 11.6. The van der Waals surface area contributed by atoms with Crippen molar-refractivity contribution < 1.29 is 18.7 Å². The summed E-state index contributed by atoms with van der Waals surface area (Å²) < 4.78 is 19.1. The predicted octanol–water partition coefficient (Wildman–Crippen LogP) is 2.06. The summed E-state index contributed by atoms with van der Waals surface area (Å²) in [6.07, 6.45) is 4.42. The molecule has 0 aliphatic heterocycles. The molecule has 2 rings (SSSR count). The average Bonchev–Trinajstić information content (AvgIpc) is 2.76. The number of anilines is 2. The second-order valence-electron chi connectivity index (χ2n) is 7.04. The van der Waals surface area contributed by atoms with E-state index in [1.54, 1.807) is 0 Å². The van der Waals surface area contributed by atoms with Crippen LogP contribution in [0.15, 0.2) is 39.9 Å². The molecule has 0 fully saturated rings. The van der Waals surface area contributed by atoms with Crippen LogP contribution in [0.2, 0.25) is 0 Å². The van der Waals surface area contributed by atoms with Gasteiger partial charge in [-0.25, -0.2) is 14.0 Å². The molecule has 0 saturated heterocycles. The number of esters is 1. The molecule has 1 aromatic heterocycles. The summed E-state index contributed by atoms with van der Waals surface area (Å²) >= 11 is 0. The van der Waals surface area contributed by atoms with E-state index < -0.39 is 35.5 Å². The van der Waals surface area contributed by atoms with Crippen LogP contribution in [-0.2, 0) is 20.9 Å². The molecule has 10 heteroatoms. The average molecular weight is 446 g/mol. The number of rotatable bonds is 10. The third-order valence-corrected chi connectivity index (χ3v) is 4.59. The van der Waals surface area contributed by atoms with E-state index >= 15 is 0 Å². The molecule has 0 radical (unpaired) electrons. The highest BCUT2D eigenvalue weighted by Crippen LogP contribution is 2.18. The minimum atomic E-state index is -0.785. The number of benzene rings is 1. The summed E-state index contributed by atoms with van der Waals surface area (Å²) in [5, 5.41) is 0. The third-order valence-electron chi connectivity index (χ3n) is 4.59. The molecular weight excluding hydrogens is 419 g/mol. The number of nitrogen functional groups attached to an aromatic ring is 1. The van der Waals surface area contributed by atoms with Crippen LogP contribution in [0, 0.1) is 5.82 Å². The molecule has 0 unspecified atom stereocenters. The van der Waals surface area contributed by atoms with Gasteiger partial charge in [-0.2, -0.15) is 0 Å². The summed E-state index contributed by atoms with van der Waals surface area (Å²) in [5.74, 6) is -1.95. The van der Waals surface area contributed by atoms with Crippen molar-refractivity contribution in [3.63, 3.8) is 0 Å². The first-order valence-corrected chi connectivity index (χ1v) is 10.3. The number of nitrogens with one attached hydrogen (secondary N) is 1. The fraction of sp³-hybridized carbons (Fsp3) is 0.364. The van der Waals surface area contributed by atoms with Gasteiger partial charge in [0.05, 0.1) is 0 Å². The zero-order chi connectivity index (χ0) is 23.7. The van der Waals surface area contributed by atoms with Crippen molar-refractivity contribution in [3.05, 3.63) is 62.6 Å². The smallest absolute Gasteiger partial charge is 0.331 e. The molecule has 172 valence electrons. The SMILES string of the molecule is CCCCN(C(=O)COC(=O)/C=C/c1ccc(F)cc1)c1c(N)n(CCC)c(=O)[nH]c1=O. The van der Waals surface area contributed by atoms with Crippen molar-refractivity contribution >= 4 is 29.5 Å². The van der Waals surface area contributed by atoms with Crippen LogP contribution < -0.4 is 21.9 Å². The number of nitrogens with two attached hydrogens (primary N) is 1. The standard InChI is InChI=1S/C22H27FN4O5/c1-3-5-13-26(19-20(24)27(12-4-2)22(31)25-21(19)30)17(28)14-32-18(29)11-8-15-6-9-16(23)10-7-15/h6-11H,3-5,12-14,24H2,1-2H3,(H,25,30,31)/b11-8+. The Morgan fingerprint density at radius 3 is 2.50 bits per heavy atom. The summed E-state index contributed by atoms with van der Waals surface area (Å²) in [5.41, 5.74) is 5.06. The number of carbonyl (C=O) groups excluding carboxylic acids is 2. The van der Waals surface area contributed by atoms with Gasteiger partial charge in [-0.15, -0.1) is 0 Å². The molecule has 0 aliphatic carbocycles. The van der Waals surface area contributed by atoms with E-state index in [1.165, 1.54) is 34.9 Å². The van der Waals surface area contributed by atoms with Crippen molar-refractivity contribution in [2.75, 3.05) is 23.8 Å². The minimum absolute atomic E-state index is 0.118. The third kappa shape index (κ3) is 6.40. The molecule has 1 amide bonds. The number of hydrogen-bond acceptors (Lipinski definition) is 6. The molecule has 9 nitrogen and oxygen atoms in total. The molecular formula is C22H27FN4O5. The molecule has 1 heterocycles. The predicted molar refractivity (Wildman–Crippen MR) is 120 cm³/mol. The molecule has 2 aromatic rings. The van der Waals surface area contributed by atoms with Gasteiger partial charge in [-0.1, -0.05) is 32.4 Å². The van der Waals surface area contributed by atoms with Gasteiger partial charge in [0.1, 0.15) is 11.6 Å². The van der Waals surface area contributed by atoms with Crippen molar-refractivity contribution in [2.45, 2.75) is 39.7 Å². The van der Waals surface area contributed by atoms with Crippen molar-refractivity contribution in [1.82, 2.24) is 9.55 Å². The highest BCUT2D eigenvalue weighted by atomic mass is 19.1. The highest BCUT2D eigenvalue weighted by molar-refractivity contribution is 5.98. The fourth-order valence-electron chi connectivity index (χ4n) is 2.96. The number of aromatic nitrogens is 2. The number of nitrogens with zero attached hydrogens (tertiary/aromatic N) is 2. The number of carbonyl (C=O) groups is 2. The summed E-state index contributed by atoms with van der Waals surface area (Å²) in [6, 6.07) is 5.47. The number of amides is 1. The normalized spacial score (nSPS) is 11.0. The van der Waals surface area contributed by atoms with E-state index in [0.29, 0.717) is 18.4 Å². The number of hydrogen-bond donors (Lipinski definition) is 2. The van der Waals surface area contributed by atoms with Crippen LogP contribution in [0.3, 0.4) is 0 Å². The van der Waals surface area contributed by atoms with Crippen LogP contribution in [0.5, 0.6) is 0 Å². The summed E-state index contributed by atoms with van der Waals surface area (Å²) in [7, 11) is 0. The fourth-order valence-corrected chi connectivity index (χ4v) is 2.96. The lowest BCUT2D eigenvalue weighted by molar-refractivity contribution is -0.142. The van der Waals surface area contributed by atoms with Gasteiger partial charge in [0.2, 0.25) is 0 Å². The molecule has 0 bridgehead atoms. The van der Waals surface area contributed by atoms with Gasteiger partial charge < -0.3 is 15.4 Å². The molecule has 0 saturated carbocycles. The van der Waals surface area contributed by atoms with Crippen LogP contribution in [0.25, 0.3) is 6.08 Å². The van der Waals surface area contributed by atoms with Crippen molar-refractivity contribution in [3.8, 4) is 0 Å². The van der Waals surface area contributed by atoms with E-state index in [-0.39, 0.29) is 24.6 Å². The van der Waals surface area contributed by atoms with Gasteiger partial charge in [0.15, 0.2) is 12.3 Å². The molecule has 0 aliphatic rings. The lowest BCUT2D eigenvalue weighted by Gasteiger charge is -2.24. The van der Waals surface area contributed by atoms with E-state index in [1.807, 2.05) is 13.8 Å². The summed E-state index contributed by atoms with van der Waals surface area (Å²) in [6.45, 7) is 3.56.